The van der Waals surface area contributed by atoms with Gasteiger partial charge < -0.3 is 9.64 Å². The average molecular weight is 221 g/mol. The first-order valence-electron chi connectivity index (χ1n) is 5.36. The van der Waals surface area contributed by atoms with E-state index in [9.17, 15) is 4.79 Å². The molecule has 0 aromatic carbocycles. The van der Waals surface area contributed by atoms with E-state index in [0.717, 1.165) is 5.57 Å². The minimum Gasteiger partial charge on any atom is -0.383 e. The van der Waals surface area contributed by atoms with Crippen LogP contribution >= 0.6 is 0 Å². The number of allylic oxidation sites excluding steroid dienone is 3. The van der Waals surface area contributed by atoms with Gasteiger partial charge in [0.05, 0.1) is 6.10 Å². The van der Waals surface area contributed by atoms with Crippen LogP contribution in [0.25, 0.3) is 0 Å². The van der Waals surface area contributed by atoms with Gasteiger partial charge in [0.1, 0.15) is 0 Å². The molecule has 2 unspecified atom stereocenters. The van der Waals surface area contributed by atoms with Crippen molar-refractivity contribution in [2.75, 3.05) is 21.2 Å². The van der Waals surface area contributed by atoms with Crippen LogP contribution in [0.5, 0.6) is 0 Å². The van der Waals surface area contributed by atoms with Crippen LogP contribution in [0.3, 0.4) is 0 Å². The Kier molecular flexibility index (Phi) is 4.50. The third-order valence-electron chi connectivity index (χ3n) is 2.51. The Morgan fingerprint density at radius 3 is 2.69 bits per heavy atom. The maximum absolute atomic E-state index is 11.8. The Balaban J connectivity index is 2.70. The molecule has 3 nitrogen and oxygen atoms in total. The molecule has 1 rings (SSSR count). The number of nitrogens with zero attached hydrogens (tertiary/aromatic N) is 1. The van der Waals surface area contributed by atoms with E-state index in [0.29, 0.717) is 0 Å². The summed E-state index contributed by atoms with van der Waals surface area (Å²) in [4.78, 5) is 13.6. The standard InChI is InChI=1S/C13H19NO2/c1-10-9-11(5-6-13(10)16-4)12(15)7-8-14(2)3/h5-10,13H,1-4H3/b8-7+. The molecule has 2 atom stereocenters. The van der Waals surface area contributed by atoms with Crippen molar-refractivity contribution in [1.82, 2.24) is 4.90 Å². The number of ether oxygens (including phenoxy) is 1. The lowest BCUT2D eigenvalue weighted by atomic mass is 9.93. The van der Waals surface area contributed by atoms with Crippen LogP contribution < -0.4 is 0 Å². The zero-order valence-corrected chi connectivity index (χ0v) is 10.3. The van der Waals surface area contributed by atoms with E-state index in [4.69, 9.17) is 4.74 Å². The number of hydrogen-bond acceptors (Lipinski definition) is 3. The topological polar surface area (TPSA) is 29.5 Å². The van der Waals surface area contributed by atoms with Crippen LogP contribution in [0, 0.1) is 5.92 Å². The smallest absolute Gasteiger partial charge is 0.186 e. The number of ketones is 1. The second kappa shape index (κ2) is 5.66. The molecule has 0 fully saturated rings. The Bertz CT molecular complexity index is 340. The molecule has 0 N–H and O–H groups in total. The highest BCUT2D eigenvalue weighted by atomic mass is 16.5. The molecular weight excluding hydrogens is 202 g/mol. The van der Waals surface area contributed by atoms with Gasteiger partial charge in [-0.15, -0.1) is 0 Å². The van der Waals surface area contributed by atoms with Crippen molar-refractivity contribution in [2.24, 2.45) is 5.92 Å². The lowest BCUT2D eigenvalue weighted by Crippen LogP contribution is -2.20. The van der Waals surface area contributed by atoms with E-state index >= 15 is 0 Å². The zero-order valence-electron chi connectivity index (χ0n) is 10.3. The summed E-state index contributed by atoms with van der Waals surface area (Å²) in [6.07, 6.45) is 9.13. The quantitative estimate of drug-likeness (QED) is 0.678. The molecule has 1 aliphatic rings. The van der Waals surface area contributed by atoms with Gasteiger partial charge in [0.25, 0.3) is 0 Å². The zero-order chi connectivity index (χ0) is 12.1. The molecule has 0 saturated heterocycles. The van der Waals surface area contributed by atoms with Crippen molar-refractivity contribution >= 4 is 5.78 Å². The molecule has 16 heavy (non-hydrogen) atoms. The van der Waals surface area contributed by atoms with Crippen molar-refractivity contribution in [2.45, 2.75) is 13.0 Å². The third kappa shape index (κ3) is 3.35. The van der Waals surface area contributed by atoms with Gasteiger partial charge in [-0.25, -0.2) is 0 Å². The first-order valence-corrected chi connectivity index (χ1v) is 5.36. The monoisotopic (exact) mass is 221 g/mol. The lowest BCUT2D eigenvalue weighted by Gasteiger charge is -2.20. The predicted octanol–water partition coefficient (Wildman–Crippen LogP) is 1.78. The molecule has 0 aromatic heterocycles. The fraction of sp³-hybridized carbons (Fsp3) is 0.462. The molecule has 0 aromatic rings. The minimum atomic E-state index is 0.0337. The van der Waals surface area contributed by atoms with Gasteiger partial charge in [-0.1, -0.05) is 25.2 Å². The summed E-state index contributed by atoms with van der Waals surface area (Å²) in [7, 11) is 5.45. The summed E-state index contributed by atoms with van der Waals surface area (Å²) in [6.45, 7) is 2.04. The van der Waals surface area contributed by atoms with Crippen molar-refractivity contribution in [3.05, 3.63) is 36.1 Å². The molecular formula is C13H19NO2. The number of hydrogen-bond donors (Lipinski definition) is 0. The van der Waals surface area contributed by atoms with E-state index in [-0.39, 0.29) is 17.8 Å². The molecule has 0 bridgehead atoms. The number of rotatable bonds is 4. The van der Waals surface area contributed by atoms with Crippen molar-refractivity contribution < 1.29 is 9.53 Å². The fourth-order valence-electron chi connectivity index (χ4n) is 1.58. The molecule has 0 amide bonds. The van der Waals surface area contributed by atoms with Gasteiger partial charge in [-0.05, 0) is 0 Å². The molecule has 0 radical (unpaired) electrons. The van der Waals surface area contributed by atoms with Crippen molar-refractivity contribution in [3.63, 3.8) is 0 Å². The maximum Gasteiger partial charge on any atom is 0.186 e. The molecule has 1 aliphatic carbocycles. The predicted molar refractivity (Wildman–Crippen MR) is 65.0 cm³/mol. The molecule has 3 heteroatoms. The first-order chi connectivity index (χ1) is 7.54. The molecule has 0 aliphatic heterocycles. The van der Waals surface area contributed by atoms with Crippen LogP contribution in [0.4, 0.5) is 0 Å². The van der Waals surface area contributed by atoms with E-state index < -0.39 is 0 Å². The second-order valence-corrected chi connectivity index (χ2v) is 4.18. The summed E-state index contributed by atoms with van der Waals surface area (Å²) >= 11 is 0. The van der Waals surface area contributed by atoms with Crippen LogP contribution in [-0.2, 0) is 9.53 Å². The van der Waals surface area contributed by atoms with Crippen LogP contribution in [-0.4, -0.2) is 38.0 Å². The van der Waals surface area contributed by atoms with E-state index in [1.807, 2.05) is 44.1 Å². The summed E-state index contributed by atoms with van der Waals surface area (Å²) in [5.74, 6) is 0.271. The Hall–Kier alpha value is -1.35. The second-order valence-electron chi connectivity index (χ2n) is 4.18. The highest BCUT2D eigenvalue weighted by Gasteiger charge is 2.18. The number of methoxy groups -OCH3 is 1. The minimum absolute atomic E-state index is 0.0337. The first kappa shape index (κ1) is 12.7. The summed E-state index contributed by atoms with van der Waals surface area (Å²) in [5.41, 5.74) is 0.735. The number of carbonyl (C=O) groups is 1. The Morgan fingerprint density at radius 2 is 2.19 bits per heavy atom. The van der Waals surface area contributed by atoms with Gasteiger partial charge >= 0.3 is 0 Å². The molecule has 0 saturated carbocycles. The Labute approximate surface area is 97.1 Å². The van der Waals surface area contributed by atoms with Crippen LogP contribution in [0.1, 0.15) is 6.92 Å². The van der Waals surface area contributed by atoms with Gasteiger partial charge in [0.2, 0.25) is 0 Å². The van der Waals surface area contributed by atoms with Crippen LogP contribution in [0.15, 0.2) is 36.1 Å². The molecule has 0 heterocycles. The molecule has 0 spiro atoms. The highest BCUT2D eigenvalue weighted by molar-refractivity contribution is 6.06. The highest BCUT2D eigenvalue weighted by Crippen LogP contribution is 2.19. The fourth-order valence-corrected chi connectivity index (χ4v) is 1.58. The Morgan fingerprint density at radius 1 is 1.50 bits per heavy atom. The summed E-state index contributed by atoms with van der Waals surface area (Å²) in [5, 5.41) is 0. The maximum atomic E-state index is 11.8. The van der Waals surface area contributed by atoms with Gasteiger partial charge in [0, 0.05) is 45.0 Å². The van der Waals surface area contributed by atoms with Crippen molar-refractivity contribution in [1.29, 1.82) is 0 Å². The summed E-state index contributed by atoms with van der Waals surface area (Å²) < 4.78 is 5.26. The molecule has 88 valence electrons. The van der Waals surface area contributed by atoms with Gasteiger partial charge in [-0.2, -0.15) is 0 Å². The van der Waals surface area contributed by atoms with E-state index in [1.54, 1.807) is 19.4 Å². The lowest BCUT2D eigenvalue weighted by molar-refractivity contribution is -0.111. The third-order valence-corrected chi connectivity index (χ3v) is 2.51. The van der Waals surface area contributed by atoms with E-state index in [1.165, 1.54) is 0 Å². The largest absolute Gasteiger partial charge is 0.383 e. The van der Waals surface area contributed by atoms with E-state index in [2.05, 4.69) is 0 Å². The summed E-state index contributed by atoms with van der Waals surface area (Å²) in [6, 6.07) is 0. The normalized spacial score (nSPS) is 24.6. The van der Waals surface area contributed by atoms with Crippen LogP contribution in [0.2, 0.25) is 0 Å². The SMILES string of the molecule is COC1C=CC(C(=O)/C=C/N(C)C)=CC1C. The average Bonchev–Trinajstić information content (AvgIpc) is 2.25. The van der Waals surface area contributed by atoms with Gasteiger partial charge in [0.15, 0.2) is 5.78 Å². The van der Waals surface area contributed by atoms with Gasteiger partial charge in [-0.3, -0.25) is 4.79 Å². The number of carbonyl (C=O) groups excluding carboxylic acids is 1. The van der Waals surface area contributed by atoms with Crippen molar-refractivity contribution in [3.8, 4) is 0 Å².